The van der Waals surface area contributed by atoms with E-state index in [1.54, 1.807) is 4.90 Å². The number of carbonyl (C=O) groups excluding carboxylic acids is 1. The van der Waals surface area contributed by atoms with Crippen LogP contribution in [0.1, 0.15) is 33.1 Å². The van der Waals surface area contributed by atoms with Gasteiger partial charge in [0.2, 0.25) is 8.32 Å². The zero-order chi connectivity index (χ0) is 14.5. The lowest BCUT2D eigenvalue weighted by atomic mass is 10.1. The van der Waals surface area contributed by atoms with Crippen molar-refractivity contribution in [2.45, 2.75) is 58.8 Å². The summed E-state index contributed by atoms with van der Waals surface area (Å²) in [5.74, 6) is 1.03. The van der Waals surface area contributed by atoms with Gasteiger partial charge in [0, 0.05) is 19.0 Å². The van der Waals surface area contributed by atoms with Crippen LogP contribution in [0.2, 0.25) is 19.6 Å². The average Bonchev–Trinajstić information content (AvgIpc) is 2.27. The molecular weight excluding hydrogens is 258 g/mol. The van der Waals surface area contributed by atoms with Gasteiger partial charge in [0.15, 0.2) is 0 Å². The van der Waals surface area contributed by atoms with Crippen molar-refractivity contribution in [3.05, 3.63) is 11.8 Å². The Bertz CT molecular complexity index is 336. The summed E-state index contributed by atoms with van der Waals surface area (Å²) in [4.78, 5) is 13.7. The SMILES string of the molecule is CCCCOC(=O)N1CC=C(O[Si](C)(C)C)CC1C. The molecule has 5 heteroatoms. The van der Waals surface area contributed by atoms with Crippen molar-refractivity contribution in [1.82, 2.24) is 4.90 Å². The molecule has 0 saturated carbocycles. The van der Waals surface area contributed by atoms with E-state index in [1.165, 1.54) is 0 Å². The van der Waals surface area contributed by atoms with E-state index in [-0.39, 0.29) is 12.1 Å². The highest BCUT2D eigenvalue weighted by atomic mass is 28.4. The summed E-state index contributed by atoms with van der Waals surface area (Å²) in [6.45, 7) is 11.7. The Morgan fingerprint density at radius 2 is 2.16 bits per heavy atom. The van der Waals surface area contributed by atoms with Gasteiger partial charge < -0.3 is 14.1 Å². The van der Waals surface area contributed by atoms with Crippen molar-refractivity contribution >= 4 is 14.4 Å². The summed E-state index contributed by atoms with van der Waals surface area (Å²) in [6, 6.07) is 0.144. The number of ether oxygens (including phenoxy) is 1. The molecule has 0 radical (unpaired) electrons. The lowest BCUT2D eigenvalue weighted by molar-refractivity contribution is 0.0871. The normalized spacial score (nSPS) is 19.9. The molecule has 0 aromatic rings. The van der Waals surface area contributed by atoms with Crippen molar-refractivity contribution in [1.29, 1.82) is 0 Å². The summed E-state index contributed by atoms with van der Waals surface area (Å²) < 4.78 is 11.3. The number of hydrogen-bond donors (Lipinski definition) is 0. The summed E-state index contributed by atoms with van der Waals surface area (Å²) in [5, 5.41) is 0. The molecule has 1 amide bonds. The zero-order valence-electron chi connectivity index (χ0n) is 12.9. The van der Waals surface area contributed by atoms with Crippen LogP contribution in [0.5, 0.6) is 0 Å². The fourth-order valence-corrected chi connectivity index (χ4v) is 2.94. The molecule has 0 aliphatic carbocycles. The highest BCUT2D eigenvalue weighted by Crippen LogP contribution is 2.22. The average molecular weight is 285 g/mol. The molecule has 0 bridgehead atoms. The van der Waals surface area contributed by atoms with Crippen molar-refractivity contribution < 1.29 is 14.0 Å². The van der Waals surface area contributed by atoms with E-state index in [0.717, 1.165) is 25.0 Å². The molecule has 0 fully saturated rings. The Kier molecular flexibility index (Phi) is 5.91. The van der Waals surface area contributed by atoms with Gasteiger partial charge in [-0.3, -0.25) is 0 Å². The highest BCUT2D eigenvalue weighted by Gasteiger charge is 2.28. The Hall–Kier alpha value is -0.973. The number of amides is 1. The van der Waals surface area contributed by atoms with E-state index in [1.807, 2.05) is 13.0 Å². The second-order valence-corrected chi connectivity index (χ2v) is 10.5. The highest BCUT2D eigenvalue weighted by molar-refractivity contribution is 6.70. The third-order valence-electron chi connectivity index (χ3n) is 2.94. The first-order valence-corrected chi connectivity index (χ1v) is 10.6. The quantitative estimate of drug-likeness (QED) is 0.570. The van der Waals surface area contributed by atoms with E-state index in [2.05, 4.69) is 26.6 Å². The minimum atomic E-state index is -1.55. The van der Waals surface area contributed by atoms with Crippen LogP contribution in [0, 0.1) is 0 Å². The summed E-state index contributed by atoms with van der Waals surface area (Å²) in [7, 11) is -1.55. The Labute approximate surface area is 117 Å². The van der Waals surface area contributed by atoms with Gasteiger partial charge in [-0.05, 0) is 39.1 Å². The van der Waals surface area contributed by atoms with Crippen molar-refractivity contribution in [2.24, 2.45) is 0 Å². The molecule has 0 spiro atoms. The fourth-order valence-electron chi connectivity index (χ4n) is 1.98. The molecule has 1 aliphatic heterocycles. The predicted molar refractivity (Wildman–Crippen MR) is 79.6 cm³/mol. The Balaban J connectivity index is 2.50. The monoisotopic (exact) mass is 285 g/mol. The van der Waals surface area contributed by atoms with Gasteiger partial charge in [0.25, 0.3) is 0 Å². The predicted octanol–water partition coefficient (Wildman–Crippen LogP) is 3.75. The number of hydrogen-bond acceptors (Lipinski definition) is 3. The number of unbranched alkanes of at least 4 members (excludes halogenated alkanes) is 1. The number of carbonyl (C=O) groups is 1. The Morgan fingerprint density at radius 1 is 1.47 bits per heavy atom. The van der Waals surface area contributed by atoms with Crippen LogP contribution in [0.3, 0.4) is 0 Å². The molecule has 110 valence electrons. The molecule has 0 N–H and O–H groups in total. The smallest absolute Gasteiger partial charge is 0.410 e. The first-order chi connectivity index (χ1) is 8.83. The van der Waals surface area contributed by atoms with Gasteiger partial charge in [-0.1, -0.05) is 13.3 Å². The largest absolute Gasteiger partial charge is 0.547 e. The molecule has 1 aliphatic rings. The van der Waals surface area contributed by atoms with Crippen molar-refractivity contribution in [2.75, 3.05) is 13.2 Å². The van der Waals surface area contributed by atoms with Crippen LogP contribution in [0.25, 0.3) is 0 Å². The van der Waals surface area contributed by atoms with Crippen molar-refractivity contribution in [3.63, 3.8) is 0 Å². The van der Waals surface area contributed by atoms with Crippen LogP contribution < -0.4 is 0 Å². The Morgan fingerprint density at radius 3 is 2.68 bits per heavy atom. The third-order valence-corrected chi connectivity index (χ3v) is 3.81. The third kappa shape index (κ3) is 5.68. The number of rotatable bonds is 5. The van der Waals surface area contributed by atoms with Crippen LogP contribution in [-0.2, 0) is 9.16 Å². The van der Waals surface area contributed by atoms with Crippen LogP contribution in [0.4, 0.5) is 4.79 Å². The van der Waals surface area contributed by atoms with Crippen molar-refractivity contribution in [3.8, 4) is 0 Å². The lowest BCUT2D eigenvalue weighted by Gasteiger charge is -2.34. The lowest BCUT2D eigenvalue weighted by Crippen LogP contribution is -2.43. The minimum absolute atomic E-state index is 0.144. The molecule has 1 heterocycles. The van der Waals surface area contributed by atoms with E-state index >= 15 is 0 Å². The topological polar surface area (TPSA) is 38.8 Å². The van der Waals surface area contributed by atoms with E-state index in [9.17, 15) is 4.79 Å². The van der Waals surface area contributed by atoms with E-state index in [0.29, 0.717) is 13.2 Å². The molecule has 1 rings (SSSR count). The van der Waals surface area contributed by atoms with E-state index < -0.39 is 8.32 Å². The summed E-state index contributed by atoms with van der Waals surface area (Å²) in [5.41, 5.74) is 0. The molecule has 1 unspecified atom stereocenters. The van der Waals surface area contributed by atoms with Crippen LogP contribution >= 0.6 is 0 Å². The summed E-state index contributed by atoms with van der Waals surface area (Å²) >= 11 is 0. The summed E-state index contributed by atoms with van der Waals surface area (Å²) in [6.07, 6.45) is 4.56. The molecule has 0 aromatic heterocycles. The molecule has 1 atom stereocenters. The molecule has 4 nitrogen and oxygen atoms in total. The number of nitrogens with zero attached hydrogens (tertiary/aromatic N) is 1. The van der Waals surface area contributed by atoms with E-state index in [4.69, 9.17) is 9.16 Å². The molecule has 19 heavy (non-hydrogen) atoms. The van der Waals surface area contributed by atoms with Crippen LogP contribution in [-0.4, -0.2) is 38.5 Å². The maximum atomic E-state index is 11.9. The maximum Gasteiger partial charge on any atom is 0.410 e. The maximum absolute atomic E-state index is 11.9. The van der Waals surface area contributed by atoms with Gasteiger partial charge in [-0.2, -0.15) is 0 Å². The fraction of sp³-hybridized carbons (Fsp3) is 0.786. The standard InChI is InChI=1S/C14H27NO3Si/c1-6-7-10-17-14(16)15-9-8-13(11-12(15)2)18-19(3,4)5/h8,12H,6-7,9-11H2,1-5H3. The second-order valence-electron chi connectivity index (χ2n) is 6.06. The first kappa shape index (κ1) is 16.1. The molecule has 0 saturated heterocycles. The van der Waals surface area contributed by atoms with Gasteiger partial charge in [-0.15, -0.1) is 0 Å². The van der Waals surface area contributed by atoms with Gasteiger partial charge in [0.05, 0.1) is 12.4 Å². The zero-order valence-corrected chi connectivity index (χ0v) is 13.9. The first-order valence-electron chi connectivity index (χ1n) is 7.15. The second kappa shape index (κ2) is 6.98. The molecular formula is C14H27NO3Si. The van der Waals surface area contributed by atoms with Gasteiger partial charge in [0.1, 0.15) is 0 Å². The minimum Gasteiger partial charge on any atom is -0.547 e. The van der Waals surface area contributed by atoms with Gasteiger partial charge >= 0.3 is 6.09 Å². The molecule has 0 aromatic carbocycles. The van der Waals surface area contributed by atoms with Gasteiger partial charge in [-0.25, -0.2) is 4.79 Å². The van der Waals surface area contributed by atoms with Crippen LogP contribution in [0.15, 0.2) is 11.8 Å².